The highest BCUT2D eigenvalue weighted by Gasteiger charge is 2.09. The van der Waals surface area contributed by atoms with Gasteiger partial charge in [0.2, 0.25) is 4.96 Å². The summed E-state index contributed by atoms with van der Waals surface area (Å²) in [5.41, 5.74) is 0.881. The molecular formula is C7H3BrN4S2. The van der Waals surface area contributed by atoms with E-state index in [9.17, 15) is 0 Å². The summed E-state index contributed by atoms with van der Waals surface area (Å²) in [4.78, 5) is 9.48. The molecule has 0 atom stereocenters. The second kappa shape index (κ2) is 3.11. The summed E-state index contributed by atoms with van der Waals surface area (Å²) in [7, 11) is 0. The normalized spacial score (nSPS) is 11.2. The number of nitrogens with zero attached hydrogens (tertiary/aromatic N) is 4. The van der Waals surface area contributed by atoms with Gasteiger partial charge in [-0.25, -0.2) is 14.5 Å². The number of aromatic nitrogens is 4. The van der Waals surface area contributed by atoms with Crippen molar-refractivity contribution >= 4 is 43.6 Å². The predicted octanol–water partition coefficient (Wildman–Crippen LogP) is 2.68. The molecule has 0 amide bonds. The minimum absolute atomic E-state index is 0.839. The first-order valence-electron chi connectivity index (χ1n) is 3.74. The first kappa shape index (κ1) is 8.51. The van der Waals surface area contributed by atoms with Crippen molar-refractivity contribution in [3.63, 3.8) is 0 Å². The van der Waals surface area contributed by atoms with Gasteiger partial charge in [-0.05, 0) is 15.9 Å². The van der Waals surface area contributed by atoms with E-state index < -0.39 is 0 Å². The van der Waals surface area contributed by atoms with E-state index in [4.69, 9.17) is 0 Å². The third kappa shape index (κ3) is 1.28. The molecule has 0 saturated carbocycles. The van der Waals surface area contributed by atoms with Gasteiger partial charge >= 0.3 is 0 Å². The van der Waals surface area contributed by atoms with Crippen molar-refractivity contribution in [2.24, 2.45) is 0 Å². The Hall–Kier alpha value is -0.790. The molecule has 0 spiro atoms. The van der Waals surface area contributed by atoms with Gasteiger partial charge in [-0.3, -0.25) is 0 Å². The molecule has 0 saturated heterocycles. The van der Waals surface area contributed by atoms with E-state index in [0.717, 1.165) is 19.6 Å². The zero-order chi connectivity index (χ0) is 9.54. The zero-order valence-electron chi connectivity index (χ0n) is 6.72. The first-order chi connectivity index (χ1) is 6.83. The van der Waals surface area contributed by atoms with Crippen LogP contribution in [0.15, 0.2) is 21.7 Å². The summed E-state index contributed by atoms with van der Waals surface area (Å²) >= 11 is 6.39. The molecule has 7 heteroatoms. The van der Waals surface area contributed by atoms with Gasteiger partial charge in [0.05, 0.1) is 6.20 Å². The fraction of sp³-hybridized carbons (Fsp3) is 0. The summed E-state index contributed by atoms with van der Waals surface area (Å²) in [5.74, 6) is 0. The molecule has 0 bridgehead atoms. The number of rotatable bonds is 1. The van der Waals surface area contributed by atoms with Crippen molar-refractivity contribution in [1.82, 2.24) is 19.6 Å². The average Bonchev–Trinajstić information content (AvgIpc) is 2.74. The number of imidazole rings is 1. The van der Waals surface area contributed by atoms with E-state index in [-0.39, 0.29) is 0 Å². The van der Waals surface area contributed by atoms with Gasteiger partial charge in [0.15, 0.2) is 3.92 Å². The summed E-state index contributed by atoms with van der Waals surface area (Å²) < 4.78 is 2.59. The van der Waals surface area contributed by atoms with Gasteiger partial charge in [0.1, 0.15) is 10.7 Å². The van der Waals surface area contributed by atoms with Gasteiger partial charge in [-0.2, -0.15) is 0 Å². The largest absolute Gasteiger partial charge is 0.243 e. The van der Waals surface area contributed by atoms with Crippen LogP contribution in [-0.4, -0.2) is 19.6 Å². The molecule has 4 nitrogen and oxygen atoms in total. The number of hydrogen-bond acceptors (Lipinski definition) is 5. The first-order valence-corrected chi connectivity index (χ1v) is 6.23. The Morgan fingerprint density at radius 1 is 1.43 bits per heavy atom. The van der Waals surface area contributed by atoms with E-state index in [1.807, 2.05) is 11.6 Å². The van der Waals surface area contributed by atoms with Crippen LogP contribution in [0.3, 0.4) is 0 Å². The fourth-order valence-electron chi connectivity index (χ4n) is 1.13. The zero-order valence-corrected chi connectivity index (χ0v) is 9.93. The molecule has 0 radical (unpaired) electrons. The van der Waals surface area contributed by atoms with Crippen LogP contribution in [0.2, 0.25) is 0 Å². The van der Waals surface area contributed by atoms with Crippen molar-refractivity contribution in [3.8, 4) is 10.7 Å². The molecule has 3 aromatic rings. The lowest BCUT2D eigenvalue weighted by atomic mass is 10.5. The third-order valence-corrected chi connectivity index (χ3v) is 3.82. The Morgan fingerprint density at radius 3 is 3.07 bits per heavy atom. The molecule has 0 unspecified atom stereocenters. The standard InChI is InChI=1S/C7H3BrN4S2/c8-6-11-12-3-4(10-7(12)14-6)5-9-1-2-13-5/h1-3H. The lowest BCUT2D eigenvalue weighted by molar-refractivity contribution is 0.959. The van der Waals surface area contributed by atoms with Crippen LogP contribution < -0.4 is 0 Å². The molecule has 70 valence electrons. The Kier molecular flexibility index (Phi) is 1.89. The number of fused-ring (bicyclic) bond motifs is 1. The van der Waals surface area contributed by atoms with Crippen LogP contribution in [0.5, 0.6) is 0 Å². The molecular weight excluding hydrogens is 284 g/mol. The number of hydrogen-bond donors (Lipinski definition) is 0. The van der Waals surface area contributed by atoms with E-state index in [1.165, 1.54) is 11.3 Å². The molecule has 0 fully saturated rings. The Balaban J connectivity index is 2.20. The highest BCUT2D eigenvalue weighted by Crippen LogP contribution is 2.25. The van der Waals surface area contributed by atoms with Crippen molar-refractivity contribution in [1.29, 1.82) is 0 Å². The van der Waals surface area contributed by atoms with Gasteiger partial charge in [-0.1, -0.05) is 11.3 Å². The molecule has 3 aromatic heterocycles. The maximum Gasteiger partial charge on any atom is 0.213 e. The summed E-state index contributed by atoms with van der Waals surface area (Å²) in [6.45, 7) is 0. The highest BCUT2D eigenvalue weighted by molar-refractivity contribution is 9.11. The molecule has 0 aliphatic rings. The number of thiazole rings is 1. The van der Waals surface area contributed by atoms with Crippen LogP contribution in [0, 0.1) is 0 Å². The lowest BCUT2D eigenvalue weighted by Crippen LogP contribution is -1.78. The van der Waals surface area contributed by atoms with E-state index in [1.54, 1.807) is 22.0 Å². The molecule has 0 aromatic carbocycles. The van der Waals surface area contributed by atoms with Gasteiger partial charge in [0, 0.05) is 11.6 Å². The van der Waals surface area contributed by atoms with Crippen molar-refractivity contribution < 1.29 is 0 Å². The highest BCUT2D eigenvalue weighted by atomic mass is 79.9. The van der Waals surface area contributed by atoms with Crippen LogP contribution >= 0.6 is 38.6 Å². The summed E-state index contributed by atoms with van der Waals surface area (Å²) in [6.07, 6.45) is 3.66. The Bertz CT molecular complexity index is 536. The van der Waals surface area contributed by atoms with Crippen LogP contribution in [0.4, 0.5) is 0 Å². The maximum absolute atomic E-state index is 4.41. The van der Waals surface area contributed by atoms with Gasteiger partial charge < -0.3 is 0 Å². The lowest BCUT2D eigenvalue weighted by Gasteiger charge is -1.83. The van der Waals surface area contributed by atoms with E-state index in [2.05, 4.69) is 31.0 Å². The van der Waals surface area contributed by atoms with Crippen LogP contribution in [-0.2, 0) is 0 Å². The average molecular weight is 287 g/mol. The molecule has 3 rings (SSSR count). The van der Waals surface area contributed by atoms with Crippen molar-refractivity contribution in [3.05, 3.63) is 21.7 Å². The molecule has 3 heterocycles. The predicted molar refractivity (Wildman–Crippen MR) is 59.7 cm³/mol. The fourth-order valence-corrected chi connectivity index (χ4v) is 2.94. The monoisotopic (exact) mass is 286 g/mol. The minimum atomic E-state index is 0.839. The Morgan fingerprint density at radius 2 is 2.36 bits per heavy atom. The van der Waals surface area contributed by atoms with E-state index in [0.29, 0.717) is 0 Å². The van der Waals surface area contributed by atoms with Crippen LogP contribution in [0.25, 0.3) is 15.7 Å². The maximum atomic E-state index is 4.41. The molecule has 14 heavy (non-hydrogen) atoms. The smallest absolute Gasteiger partial charge is 0.213 e. The molecule has 0 N–H and O–H groups in total. The minimum Gasteiger partial charge on any atom is -0.243 e. The van der Waals surface area contributed by atoms with Crippen LogP contribution in [0.1, 0.15) is 0 Å². The Labute approximate surface area is 95.4 Å². The SMILES string of the molecule is Brc1nn2cc(-c3nccs3)nc2s1. The van der Waals surface area contributed by atoms with Gasteiger partial charge in [0.25, 0.3) is 0 Å². The summed E-state index contributed by atoms with van der Waals surface area (Å²) in [5, 5.41) is 7.08. The quantitative estimate of drug-likeness (QED) is 0.691. The van der Waals surface area contributed by atoms with E-state index >= 15 is 0 Å². The second-order valence-electron chi connectivity index (χ2n) is 2.55. The van der Waals surface area contributed by atoms with Crippen molar-refractivity contribution in [2.45, 2.75) is 0 Å². The second-order valence-corrected chi connectivity index (χ2v) is 5.67. The topological polar surface area (TPSA) is 43.1 Å². The molecule has 0 aliphatic carbocycles. The molecule has 0 aliphatic heterocycles. The van der Waals surface area contributed by atoms with Gasteiger partial charge in [-0.15, -0.1) is 16.4 Å². The third-order valence-electron chi connectivity index (χ3n) is 1.67. The summed E-state index contributed by atoms with van der Waals surface area (Å²) in [6, 6.07) is 0. The van der Waals surface area contributed by atoms with Crippen molar-refractivity contribution in [2.75, 3.05) is 0 Å². The number of halogens is 1.